The second-order valence-electron chi connectivity index (χ2n) is 6.12. The van der Waals surface area contributed by atoms with Gasteiger partial charge in [0.2, 0.25) is 0 Å². The van der Waals surface area contributed by atoms with Gasteiger partial charge >= 0.3 is 6.03 Å². The fourth-order valence-corrected chi connectivity index (χ4v) is 2.54. The molecule has 1 atom stereocenters. The molecule has 0 spiro atoms. The lowest BCUT2D eigenvalue weighted by molar-refractivity contribution is 0.0499. The van der Waals surface area contributed by atoms with E-state index in [0.29, 0.717) is 25.1 Å². The van der Waals surface area contributed by atoms with E-state index in [0.717, 1.165) is 25.0 Å². The number of aryl methyl sites for hydroxylation is 1. The number of carbonyl (C=O) groups excluding carboxylic acids is 1. The fourth-order valence-electron chi connectivity index (χ4n) is 2.54. The van der Waals surface area contributed by atoms with Crippen molar-refractivity contribution in [3.63, 3.8) is 0 Å². The Kier molecular flexibility index (Phi) is 4.88. The molecule has 0 bridgehead atoms. The molecule has 118 valence electrons. The first-order chi connectivity index (χ1) is 9.93. The summed E-state index contributed by atoms with van der Waals surface area (Å²) in [5.74, 6) is 0.598. The van der Waals surface area contributed by atoms with Gasteiger partial charge in [-0.05, 0) is 40.0 Å². The zero-order valence-corrected chi connectivity index (χ0v) is 13.4. The minimum absolute atomic E-state index is 0.198. The minimum Gasteiger partial charge on any atom is -0.381 e. The number of rotatable bonds is 4. The van der Waals surface area contributed by atoms with Crippen LogP contribution < -0.4 is 10.6 Å². The predicted molar refractivity (Wildman–Crippen MR) is 82.6 cm³/mol. The van der Waals surface area contributed by atoms with Gasteiger partial charge in [0.25, 0.3) is 0 Å². The number of anilines is 1. The van der Waals surface area contributed by atoms with Gasteiger partial charge in [-0.1, -0.05) is 6.92 Å². The number of amides is 2. The quantitative estimate of drug-likeness (QED) is 0.897. The van der Waals surface area contributed by atoms with Gasteiger partial charge in [0.1, 0.15) is 0 Å². The summed E-state index contributed by atoms with van der Waals surface area (Å²) < 4.78 is 7.29. The molecule has 1 aromatic rings. The van der Waals surface area contributed by atoms with Gasteiger partial charge in [0, 0.05) is 36.6 Å². The molecule has 0 saturated carbocycles. The molecule has 0 aliphatic carbocycles. The number of hydrogen-bond donors (Lipinski definition) is 2. The van der Waals surface area contributed by atoms with E-state index in [-0.39, 0.29) is 11.6 Å². The molecule has 1 saturated heterocycles. The zero-order valence-electron chi connectivity index (χ0n) is 13.4. The number of ether oxygens (including phenoxy) is 1. The molecule has 2 rings (SSSR count). The van der Waals surface area contributed by atoms with Gasteiger partial charge in [-0.2, -0.15) is 5.10 Å². The number of nitrogens with zero attached hydrogens (tertiary/aromatic N) is 2. The Morgan fingerprint density at radius 3 is 2.81 bits per heavy atom. The number of urea groups is 1. The second-order valence-corrected chi connectivity index (χ2v) is 6.12. The molecule has 21 heavy (non-hydrogen) atoms. The smallest absolute Gasteiger partial charge is 0.320 e. The van der Waals surface area contributed by atoms with Gasteiger partial charge in [0.15, 0.2) is 5.82 Å². The Morgan fingerprint density at radius 1 is 1.52 bits per heavy atom. The normalized spacial score (nSPS) is 19.0. The van der Waals surface area contributed by atoms with Crippen molar-refractivity contribution in [3.05, 3.63) is 11.8 Å². The summed E-state index contributed by atoms with van der Waals surface area (Å²) in [7, 11) is 0. The summed E-state index contributed by atoms with van der Waals surface area (Å²) in [4.78, 5) is 12.1. The summed E-state index contributed by atoms with van der Waals surface area (Å²) in [5.41, 5.74) is 0.855. The molecule has 6 nitrogen and oxygen atoms in total. The van der Waals surface area contributed by atoms with Crippen LogP contribution in [0.5, 0.6) is 0 Å². The third kappa shape index (κ3) is 3.97. The first kappa shape index (κ1) is 15.8. The Labute approximate surface area is 126 Å². The standard InChI is InChI=1S/C15H26N4O2/c1-5-11(2)19-12(3)10-13(18-19)16-14(20)17-15(4)6-8-21-9-7-15/h10-11H,5-9H2,1-4H3,(H2,16,17,18,20). The summed E-state index contributed by atoms with van der Waals surface area (Å²) in [5, 5.41) is 10.3. The van der Waals surface area contributed by atoms with E-state index in [9.17, 15) is 4.79 Å². The molecule has 0 aromatic carbocycles. The molecule has 0 radical (unpaired) electrons. The Hall–Kier alpha value is -1.56. The van der Waals surface area contributed by atoms with E-state index in [2.05, 4.69) is 36.5 Å². The molecule has 1 aliphatic heterocycles. The molecule has 6 heteroatoms. The molecule has 1 aliphatic rings. The third-order valence-electron chi connectivity index (χ3n) is 4.18. The molecule has 1 unspecified atom stereocenters. The van der Waals surface area contributed by atoms with Crippen LogP contribution in [0.3, 0.4) is 0 Å². The van der Waals surface area contributed by atoms with Crippen LogP contribution in [0, 0.1) is 6.92 Å². The lowest BCUT2D eigenvalue weighted by Crippen LogP contribution is -2.51. The van der Waals surface area contributed by atoms with E-state index in [4.69, 9.17) is 4.74 Å². The van der Waals surface area contributed by atoms with Crippen LogP contribution in [0.4, 0.5) is 10.6 Å². The highest BCUT2D eigenvalue weighted by Crippen LogP contribution is 2.20. The van der Waals surface area contributed by atoms with Gasteiger partial charge in [-0.25, -0.2) is 4.79 Å². The van der Waals surface area contributed by atoms with Crippen LogP contribution in [0.25, 0.3) is 0 Å². The highest BCUT2D eigenvalue weighted by molar-refractivity contribution is 5.88. The minimum atomic E-state index is -0.201. The van der Waals surface area contributed by atoms with E-state index in [1.807, 2.05) is 17.7 Å². The van der Waals surface area contributed by atoms with Crippen molar-refractivity contribution in [2.75, 3.05) is 18.5 Å². The van der Waals surface area contributed by atoms with Gasteiger partial charge in [-0.3, -0.25) is 10.00 Å². The van der Waals surface area contributed by atoms with Crippen molar-refractivity contribution in [1.82, 2.24) is 15.1 Å². The molecule has 2 amide bonds. The van der Waals surface area contributed by atoms with E-state index >= 15 is 0 Å². The lowest BCUT2D eigenvalue weighted by Gasteiger charge is -2.34. The fraction of sp³-hybridized carbons (Fsp3) is 0.733. The van der Waals surface area contributed by atoms with Crippen molar-refractivity contribution < 1.29 is 9.53 Å². The van der Waals surface area contributed by atoms with Crippen molar-refractivity contribution in [2.24, 2.45) is 0 Å². The molecule has 2 N–H and O–H groups in total. The maximum Gasteiger partial charge on any atom is 0.320 e. The summed E-state index contributed by atoms with van der Waals surface area (Å²) in [6.45, 7) is 9.68. The third-order valence-corrected chi connectivity index (χ3v) is 4.18. The maximum absolute atomic E-state index is 12.1. The molecular weight excluding hydrogens is 268 g/mol. The van der Waals surface area contributed by atoms with Crippen molar-refractivity contribution in [3.8, 4) is 0 Å². The first-order valence-electron chi connectivity index (χ1n) is 7.66. The SMILES string of the molecule is CCC(C)n1nc(NC(=O)NC2(C)CCOCC2)cc1C. The van der Waals surface area contributed by atoms with E-state index < -0.39 is 0 Å². The Balaban J connectivity index is 1.96. The average Bonchev–Trinajstić information content (AvgIpc) is 2.78. The maximum atomic E-state index is 12.1. The van der Waals surface area contributed by atoms with Crippen LogP contribution in [0.15, 0.2) is 6.07 Å². The Morgan fingerprint density at radius 2 is 2.19 bits per heavy atom. The molecule has 2 heterocycles. The van der Waals surface area contributed by atoms with Crippen LogP contribution in [-0.2, 0) is 4.74 Å². The molecule has 1 fully saturated rings. The second kappa shape index (κ2) is 6.47. The highest BCUT2D eigenvalue weighted by Gasteiger charge is 2.29. The van der Waals surface area contributed by atoms with Crippen molar-refractivity contribution >= 4 is 11.8 Å². The summed E-state index contributed by atoms with van der Waals surface area (Å²) in [6.07, 6.45) is 2.67. The number of hydrogen-bond acceptors (Lipinski definition) is 3. The predicted octanol–water partition coefficient (Wildman–Crippen LogP) is 2.85. The number of aromatic nitrogens is 2. The van der Waals surface area contributed by atoms with Crippen LogP contribution in [0.1, 0.15) is 51.8 Å². The summed E-state index contributed by atoms with van der Waals surface area (Å²) >= 11 is 0. The Bertz CT molecular complexity index is 492. The topological polar surface area (TPSA) is 68.2 Å². The van der Waals surface area contributed by atoms with Gasteiger partial charge in [0.05, 0.1) is 0 Å². The van der Waals surface area contributed by atoms with Crippen molar-refractivity contribution in [1.29, 1.82) is 0 Å². The van der Waals surface area contributed by atoms with E-state index in [1.54, 1.807) is 0 Å². The van der Waals surface area contributed by atoms with Crippen molar-refractivity contribution in [2.45, 2.75) is 58.5 Å². The number of carbonyl (C=O) groups is 1. The first-order valence-corrected chi connectivity index (χ1v) is 7.66. The van der Waals surface area contributed by atoms with E-state index in [1.165, 1.54) is 0 Å². The van der Waals surface area contributed by atoms with Crippen LogP contribution in [0.2, 0.25) is 0 Å². The zero-order chi connectivity index (χ0) is 15.5. The molecular formula is C15H26N4O2. The highest BCUT2D eigenvalue weighted by atomic mass is 16.5. The van der Waals surface area contributed by atoms with Crippen LogP contribution >= 0.6 is 0 Å². The lowest BCUT2D eigenvalue weighted by atomic mass is 9.93. The van der Waals surface area contributed by atoms with Crippen LogP contribution in [-0.4, -0.2) is 34.6 Å². The largest absolute Gasteiger partial charge is 0.381 e. The van der Waals surface area contributed by atoms with Gasteiger partial charge in [-0.15, -0.1) is 0 Å². The molecule has 1 aromatic heterocycles. The number of nitrogens with one attached hydrogen (secondary N) is 2. The summed E-state index contributed by atoms with van der Waals surface area (Å²) in [6, 6.07) is 2.03. The van der Waals surface area contributed by atoms with Gasteiger partial charge < -0.3 is 10.1 Å². The average molecular weight is 294 g/mol. The monoisotopic (exact) mass is 294 g/mol.